The van der Waals surface area contributed by atoms with Crippen molar-refractivity contribution in [3.63, 3.8) is 0 Å². The number of carbonyl (C=O) groups is 1. The van der Waals surface area contributed by atoms with Crippen molar-refractivity contribution in [2.75, 3.05) is 31.5 Å². The molecule has 1 aromatic heterocycles. The molecule has 0 unspecified atom stereocenters. The van der Waals surface area contributed by atoms with Crippen LogP contribution < -0.4 is 5.32 Å². The molecule has 0 aliphatic carbocycles. The zero-order valence-corrected chi connectivity index (χ0v) is 11.7. The number of anilines is 1. The van der Waals surface area contributed by atoms with Crippen molar-refractivity contribution in [3.05, 3.63) is 18.6 Å². The van der Waals surface area contributed by atoms with Crippen LogP contribution >= 0.6 is 0 Å². The van der Waals surface area contributed by atoms with E-state index in [1.807, 2.05) is 15.9 Å². The Bertz CT molecular complexity index is 438. The van der Waals surface area contributed by atoms with Crippen LogP contribution in [0.5, 0.6) is 0 Å². The highest BCUT2D eigenvalue weighted by atomic mass is 16.2. The fourth-order valence-corrected chi connectivity index (χ4v) is 2.91. The number of nitrogens with zero attached hydrogens (tertiary/aromatic N) is 4. The molecule has 0 aromatic carbocycles. The molecule has 3 rings (SSSR count). The third-order valence-corrected chi connectivity index (χ3v) is 4.08. The number of rotatable bonds is 2. The Morgan fingerprint density at radius 2 is 1.85 bits per heavy atom. The second-order valence-electron chi connectivity index (χ2n) is 5.48. The van der Waals surface area contributed by atoms with Gasteiger partial charge in [0.15, 0.2) is 0 Å². The van der Waals surface area contributed by atoms with E-state index in [4.69, 9.17) is 0 Å². The van der Waals surface area contributed by atoms with Gasteiger partial charge in [-0.15, -0.1) is 0 Å². The summed E-state index contributed by atoms with van der Waals surface area (Å²) in [4.78, 5) is 24.3. The Balaban J connectivity index is 1.48. The van der Waals surface area contributed by atoms with Crippen molar-refractivity contribution in [3.8, 4) is 0 Å². The van der Waals surface area contributed by atoms with Crippen molar-refractivity contribution in [1.82, 2.24) is 19.8 Å². The highest BCUT2D eigenvalue weighted by Crippen LogP contribution is 2.18. The van der Waals surface area contributed by atoms with E-state index in [2.05, 4.69) is 15.3 Å². The van der Waals surface area contributed by atoms with Gasteiger partial charge in [0.2, 0.25) is 0 Å². The summed E-state index contributed by atoms with van der Waals surface area (Å²) in [5.74, 6) is 0.865. The van der Waals surface area contributed by atoms with Gasteiger partial charge in [-0.3, -0.25) is 0 Å². The van der Waals surface area contributed by atoms with Crippen LogP contribution in [0, 0.1) is 0 Å². The predicted molar refractivity (Wildman–Crippen MR) is 76.5 cm³/mol. The number of urea groups is 1. The Labute approximate surface area is 119 Å². The molecule has 6 nitrogen and oxygen atoms in total. The molecule has 20 heavy (non-hydrogen) atoms. The zero-order chi connectivity index (χ0) is 13.8. The minimum Gasteiger partial charge on any atom is -0.367 e. The molecular formula is C14H21N5O. The minimum atomic E-state index is 0.225. The second-order valence-corrected chi connectivity index (χ2v) is 5.48. The van der Waals surface area contributed by atoms with E-state index in [0.29, 0.717) is 6.04 Å². The molecule has 0 saturated carbocycles. The van der Waals surface area contributed by atoms with E-state index in [1.165, 1.54) is 0 Å². The SMILES string of the molecule is O=C(N1CCCC1)N1CCC(Nc2ccncn2)CC1. The Morgan fingerprint density at radius 1 is 1.15 bits per heavy atom. The van der Waals surface area contributed by atoms with E-state index in [1.54, 1.807) is 12.5 Å². The van der Waals surface area contributed by atoms with Gasteiger partial charge in [-0.05, 0) is 31.7 Å². The minimum absolute atomic E-state index is 0.225. The van der Waals surface area contributed by atoms with Crippen LogP contribution in [0.1, 0.15) is 25.7 Å². The summed E-state index contributed by atoms with van der Waals surface area (Å²) >= 11 is 0. The van der Waals surface area contributed by atoms with Gasteiger partial charge in [0, 0.05) is 38.4 Å². The summed E-state index contributed by atoms with van der Waals surface area (Å²) in [6.07, 6.45) is 7.54. The Hall–Kier alpha value is -1.85. The van der Waals surface area contributed by atoms with Crippen LogP contribution in [0.2, 0.25) is 0 Å². The first-order valence-electron chi connectivity index (χ1n) is 7.39. The monoisotopic (exact) mass is 275 g/mol. The lowest BCUT2D eigenvalue weighted by molar-refractivity contribution is 0.150. The molecular weight excluding hydrogens is 254 g/mol. The van der Waals surface area contributed by atoms with E-state index in [0.717, 1.165) is 57.7 Å². The number of nitrogens with one attached hydrogen (secondary N) is 1. The van der Waals surface area contributed by atoms with Crippen molar-refractivity contribution < 1.29 is 4.79 Å². The first-order chi connectivity index (χ1) is 9.83. The van der Waals surface area contributed by atoms with E-state index < -0.39 is 0 Å². The van der Waals surface area contributed by atoms with Gasteiger partial charge in [-0.1, -0.05) is 0 Å². The van der Waals surface area contributed by atoms with Crippen LogP contribution in [-0.4, -0.2) is 58.0 Å². The third-order valence-electron chi connectivity index (χ3n) is 4.08. The molecule has 2 fully saturated rings. The van der Waals surface area contributed by atoms with Crippen LogP contribution in [0.3, 0.4) is 0 Å². The standard InChI is InChI=1S/C14H21N5O/c20-14(18-7-1-2-8-18)19-9-4-12(5-10-19)17-13-3-6-15-11-16-13/h3,6,11-12H,1-2,4-5,7-10H2,(H,15,16,17). The quantitative estimate of drug-likeness (QED) is 0.890. The number of carbonyl (C=O) groups excluding carboxylic acids is 1. The molecule has 0 bridgehead atoms. The molecule has 2 saturated heterocycles. The van der Waals surface area contributed by atoms with E-state index in [-0.39, 0.29) is 6.03 Å². The number of likely N-dealkylation sites (tertiary alicyclic amines) is 2. The number of hydrogen-bond donors (Lipinski definition) is 1. The predicted octanol–water partition coefficient (Wildman–Crippen LogP) is 1.57. The van der Waals surface area contributed by atoms with E-state index in [9.17, 15) is 4.79 Å². The molecule has 108 valence electrons. The maximum atomic E-state index is 12.3. The van der Waals surface area contributed by atoms with Crippen molar-refractivity contribution in [2.45, 2.75) is 31.7 Å². The van der Waals surface area contributed by atoms with Crippen LogP contribution in [-0.2, 0) is 0 Å². The van der Waals surface area contributed by atoms with Gasteiger partial charge in [0.1, 0.15) is 12.1 Å². The number of piperidine rings is 1. The van der Waals surface area contributed by atoms with Gasteiger partial charge >= 0.3 is 6.03 Å². The van der Waals surface area contributed by atoms with Gasteiger partial charge < -0.3 is 15.1 Å². The summed E-state index contributed by atoms with van der Waals surface area (Å²) in [5, 5.41) is 3.41. The van der Waals surface area contributed by atoms with Crippen LogP contribution in [0.15, 0.2) is 18.6 Å². The van der Waals surface area contributed by atoms with Gasteiger partial charge in [-0.2, -0.15) is 0 Å². The number of aromatic nitrogens is 2. The maximum absolute atomic E-state index is 12.3. The molecule has 3 heterocycles. The zero-order valence-electron chi connectivity index (χ0n) is 11.7. The maximum Gasteiger partial charge on any atom is 0.319 e. The fourth-order valence-electron chi connectivity index (χ4n) is 2.91. The topological polar surface area (TPSA) is 61.4 Å². The molecule has 0 spiro atoms. The Kier molecular flexibility index (Phi) is 3.99. The molecule has 0 atom stereocenters. The average molecular weight is 275 g/mol. The second kappa shape index (κ2) is 6.07. The molecule has 1 N–H and O–H groups in total. The summed E-state index contributed by atoms with van der Waals surface area (Å²) in [6.45, 7) is 3.52. The lowest BCUT2D eigenvalue weighted by atomic mass is 10.1. The molecule has 6 heteroatoms. The normalized spacial score (nSPS) is 20.2. The van der Waals surface area contributed by atoms with Gasteiger partial charge in [0.25, 0.3) is 0 Å². The van der Waals surface area contributed by atoms with Gasteiger partial charge in [-0.25, -0.2) is 14.8 Å². The first kappa shape index (κ1) is 13.1. The van der Waals surface area contributed by atoms with Crippen LogP contribution in [0.25, 0.3) is 0 Å². The number of amides is 2. The highest BCUT2D eigenvalue weighted by Gasteiger charge is 2.27. The smallest absolute Gasteiger partial charge is 0.319 e. The van der Waals surface area contributed by atoms with Crippen molar-refractivity contribution in [1.29, 1.82) is 0 Å². The molecule has 0 radical (unpaired) electrons. The lowest BCUT2D eigenvalue weighted by Crippen LogP contribution is -2.47. The van der Waals surface area contributed by atoms with E-state index >= 15 is 0 Å². The van der Waals surface area contributed by atoms with Crippen molar-refractivity contribution >= 4 is 11.8 Å². The average Bonchev–Trinajstić information content (AvgIpc) is 3.03. The molecule has 1 aromatic rings. The fraction of sp³-hybridized carbons (Fsp3) is 0.643. The molecule has 2 aliphatic rings. The molecule has 2 aliphatic heterocycles. The highest BCUT2D eigenvalue weighted by molar-refractivity contribution is 5.74. The number of hydrogen-bond acceptors (Lipinski definition) is 4. The summed E-state index contributed by atoms with van der Waals surface area (Å²) in [5.41, 5.74) is 0. The summed E-state index contributed by atoms with van der Waals surface area (Å²) in [7, 11) is 0. The molecule has 2 amide bonds. The largest absolute Gasteiger partial charge is 0.367 e. The first-order valence-corrected chi connectivity index (χ1v) is 7.39. The lowest BCUT2D eigenvalue weighted by Gasteiger charge is -2.34. The summed E-state index contributed by atoms with van der Waals surface area (Å²) in [6, 6.07) is 2.50. The van der Waals surface area contributed by atoms with Crippen LogP contribution in [0.4, 0.5) is 10.6 Å². The Morgan fingerprint density at radius 3 is 2.50 bits per heavy atom. The van der Waals surface area contributed by atoms with Gasteiger partial charge in [0.05, 0.1) is 0 Å². The third kappa shape index (κ3) is 3.00. The van der Waals surface area contributed by atoms with Crippen molar-refractivity contribution in [2.24, 2.45) is 0 Å². The summed E-state index contributed by atoms with van der Waals surface area (Å²) < 4.78 is 0.